The van der Waals surface area contributed by atoms with E-state index in [1.165, 1.54) is 24.3 Å². The lowest BCUT2D eigenvalue weighted by Crippen LogP contribution is -2.70. The van der Waals surface area contributed by atoms with Crippen molar-refractivity contribution in [3.05, 3.63) is 136 Å². The average Bonchev–Trinajstić information content (AvgIpc) is 3.80. The number of aliphatic hydroxyl groups is 2. The molecule has 4 aliphatic rings. The Kier molecular flexibility index (Phi) is 14.8. The molecule has 8 rings (SSSR count). The number of non-ortho nitro benzene ring substituents is 1. The number of nitro benzene ring substituents is 1. The summed E-state index contributed by atoms with van der Waals surface area (Å²) in [4.78, 5) is 33.6. The second-order valence-corrected chi connectivity index (χ2v) is 17.5. The molecule has 15 nitrogen and oxygen atoms in total. The van der Waals surface area contributed by atoms with Crippen LogP contribution in [-0.2, 0) is 16.1 Å². The first kappa shape index (κ1) is 47.1. The van der Waals surface area contributed by atoms with Crippen LogP contribution in [0.15, 0.2) is 108 Å². The van der Waals surface area contributed by atoms with Crippen LogP contribution in [0.1, 0.15) is 80.0 Å². The molecule has 1 fully saturated rings. The lowest BCUT2D eigenvalue weighted by molar-refractivity contribution is -0.384. The number of fused-ring (bicyclic) bond motifs is 3. The number of carbonyl (C=O) groups is 1. The summed E-state index contributed by atoms with van der Waals surface area (Å²) in [5.41, 5.74) is 5.21. The van der Waals surface area contributed by atoms with Crippen molar-refractivity contribution < 1.29 is 53.2 Å². The summed E-state index contributed by atoms with van der Waals surface area (Å²) in [6.45, 7) is 10.5. The van der Waals surface area contributed by atoms with E-state index in [1.54, 1.807) is 17.0 Å². The Morgan fingerprint density at radius 1 is 0.910 bits per heavy atom. The van der Waals surface area contributed by atoms with Gasteiger partial charge in [0.05, 0.1) is 23.2 Å². The number of aryl methyl sites for hydroxylation is 2. The lowest BCUT2D eigenvalue weighted by atomic mass is 9.55. The Bertz CT molecular complexity index is 2490. The molecule has 4 aromatic rings. The molecule has 4 aromatic carbocycles. The topological polar surface area (TPSA) is 181 Å². The van der Waals surface area contributed by atoms with Crippen LogP contribution >= 0.6 is 0 Å². The van der Waals surface area contributed by atoms with Gasteiger partial charge in [-0.05, 0) is 135 Å². The number of nitro groups is 1. The average molecular weight is 918 g/mol. The van der Waals surface area contributed by atoms with Gasteiger partial charge in [-0.25, -0.2) is 4.79 Å². The highest BCUT2D eigenvalue weighted by Crippen LogP contribution is 2.62. The minimum Gasteiger partial charge on any atom is -0.459 e. The zero-order valence-corrected chi connectivity index (χ0v) is 38.3. The van der Waals surface area contributed by atoms with E-state index in [0.717, 1.165) is 47.9 Å². The van der Waals surface area contributed by atoms with Crippen LogP contribution in [0.4, 0.5) is 10.5 Å². The molecular weight excluding hydrogens is 859 g/mol. The molecule has 1 saturated carbocycles. The van der Waals surface area contributed by atoms with Gasteiger partial charge in [0, 0.05) is 49.8 Å². The van der Waals surface area contributed by atoms with Crippen molar-refractivity contribution in [3.63, 3.8) is 0 Å². The minimum atomic E-state index is -1.59. The molecule has 2 heterocycles. The van der Waals surface area contributed by atoms with Crippen LogP contribution in [0, 0.1) is 41.7 Å². The van der Waals surface area contributed by atoms with Crippen LogP contribution in [0.3, 0.4) is 0 Å². The fourth-order valence-corrected chi connectivity index (χ4v) is 10.1. The van der Waals surface area contributed by atoms with Crippen LogP contribution < -0.4 is 23.7 Å². The highest BCUT2D eigenvalue weighted by Gasteiger charge is 2.66. The fourth-order valence-electron chi connectivity index (χ4n) is 10.1. The highest BCUT2D eigenvalue weighted by atomic mass is 16.7. The Morgan fingerprint density at radius 3 is 2.36 bits per heavy atom. The normalized spacial score (nSPS) is 22.7. The number of allylic oxidation sites excluding steroid dienone is 1. The number of carbonyl (C=O) groups excluding carboxylic acids is 1. The third-order valence-corrected chi connectivity index (χ3v) is 13.3. The highest BCUT2D eigenvalue weighted by molar-refractivity contribution is 6.03. The largest absolute Gasteiger partial charge is 0.459 e. The standard InChI is InChI=1S/C52H59N3O12/c1-5-25-63-52-48(54(31-35-14-21-46-47(27-35)62-32-61-46)51(58)66-38-18-15-37(16-19-38)55(59)60)30-44(53-64-6-2)42-28-36(11-7-9-23-56)41(12-8-10-24-57)49(50(42)52)43-29-40(20-22-45(43)67-52)65-39-17-13-33(3)34(4)26-39/h5,13-22,26-29,36,41,48-50,56-57H,1,6-12,23-25,30-32H2,2-4H3. The van der Waals surface area contributed by atoms with Crippen molar-refractivity contribution in [2.45, 2.75) is 90.0 Å². The molecule has 354 valence electrons. The summed E-state index contributed by atoms with van der Waals surface area (Å²) in [7, 11) is 0. The van der Waals surface area contributed by atoms with Crippen molar-refractivity contribution >= 4 is 17.5 Å². The molecule has 2 N–H and O–H groups in total. The van der Waals surface area contributed by atoms with E-state index in [9.17, 15) is 20.3 Å². The number of oxime groups is 1. The molecule has 0 radical (unpaired) electrons. The molecule has 0 bridgehead atoms. The second kappa shape index (κ2) is 21.0. The van der Waals surface area contributed by atoms with Gasteiger partial charge >= 0.3 is 6.09 Å². The number of hydrogen-bond acceptors (Lipinski definition) is 13. The number of amides is 1. The van der Waals surface area contributed by atoms with Crippen LogP contribution in [0.2, 0.25) is 0 Å². The Balaban J connectivity index is 1.33. The van der Waals surface area contributed by atoms with Crippen molar-refractivity contribution in [2.75, 3.05) is 33.2 Å². The quantitative estimate of drug-likeness (QED) is 0.0371. The fraction of sp³-hybridized carbons (Fsp3) is 0.423. The van der Waals surface area contributed by atoms with Gasteiger partial charge in [0.1, 0.15) is 35.6 Å². The lowest BCUT2D eigenvalue weighted by Gasteiger charge is -2.59. The summed E-state index contributed by atoms with van der Waals surface area (Å²) in [6, 6.07) is 21.7. The molecule has 2 aliphatic carbocycles. The minimum absolute atomic E-state index is 0.00660. The molecule has 15 heteroatoms. The zero-order chi connectivity index (χ0) is 47.1. The predicted molar refractivity (Wildman–Crippen MR) is 250 cm³/mol. The number of rotatable bonds is 20. The monoisotopic (exact) mass is 917 g/mol. The van der Waals surface area contributed by atoms with E-state index in [1.807, 2.05) is 56.3 Å². The molecule has 0 saturated heterocycles. The number of nitrogens with zero attached hydrogens (tertiary/aromatic N) is 3. The van der Waals surface area contributed by atoms with Gasteiger partial charge in [0.2, 0.25) is 12.6 Å². The predicted octanol–water partition coefficient (Wildman–Crippen LogP) is 10.1. The first-order valence-electron chi connectivity index (χ1n) is 23.1. The molecule has 6 atom stereocenters. The van der Waals surface area contributed by atoms with E-state index >= 15 is 4.79 Å². The van der Waals surface area contributed by atoms with Crippen molar-refractivity contribution in [2.24, 2.45) is 22.9 Å². The van der Waals surface area contributed by atoms with Gasteiger partial charge in [-0.15, -0.1) is 6.58 Å². The van der Waals surface area contributed by atoms with Crippen molar-refractivity contribution in [1.82, 2.24) is 4.90 Å². The third-order valence-electron chi connectivity index (χ3n) is 13.3. The molecular formula is C52H59N3O12. The van der Waals surface area contributed by atoms with Crippen molar-refractivity contribution in [3.8, 4) is 34.5 Å². The maximum absolute atomic E-state index is 15.1. The molecule has 1 amide bonds. The summed E-state index contributed by atoms with van der Waals surface area (Å²) in [5, 5.41) is 36.3. The summed E-state index contributed by atoms with van der Waals surface area (Å²) < 4.78 is 38.6. The first-order chi connectivity index (χ1) is 32.6. The van der Waals surface area contributed by atoms with Crippen molar-refractivity contribution in [1.29, 1.82) is 0 Å². The molecule has 6 unspecified atom stereocenters. The first-order valence-corrected chi connectivity index (χ1v) is 23.1. The molecule has 0 aromatic heterocycles. The van der Waals surface area contributed by atoms with E-state index < -0.39 is 28.8 Å². The SMILES string of the molecule is C=CCOC12Oc3ccc(Oc4ccc(C)c(C)c4)cc3C3C(CCCCO)C(CCCCO)C=C(C(=NOCC)CC1N(Cc1ccc4c(c1)OCO4)C(=O)Oc1ccc([N+](=O)[O-])cc1)C32. The number of hydrogen-bond donors (Lipinski definition) is 2. The summed E-state index contributed by atoms with van der Waals surface area (Å²) in [5.74, 6) is 0.603. The maximum Gasteiger partial charge on any atom is 0.416 e. The number of benzene rings is 4. The van der Waals surface area contributed by atoms with Gasteiger partial charge in [0.25, 0.3) is 5.69 Å². The number of ether oxygens (including phenoxy) is 6. The van der Waals surface area contributed by atoms with E-state index in [0.29, 0.717) is 59.5 Å². The van der Waals surface area contributed by atoms with Gasteiger partial charge in [-0.3, -0.25) is 15.0 Å². The maximum atomic E-state index is 15.1. The van der Waals surface area contributed by atoms with Crippen LogP contribution in [0.25, 0.3) is 0 Å². The Labute approximate surface area is 390 Å². The van der Waals surface area contributed by atoms with Gasteiger partial charge in [-0.2, -0.15) is 0 Å². The van der Waals surface area contributed by atoms with Crippen LogP contribution in [0.5, 0.6) is 34.5 Å². The smallest absolute Gasteiger partial charge is 0.416 e. The van der Waals surface area contributed by atoms with E-state index in [-0.39, 0.29) is 68.8 Å². The second-order valence-electron chi connectivity index (χ2n) is 17.5. The van der Waals surface area contributed by atoms with Crippen LogP contribution in [-0.4, -0.2) is 76.9 Å². The number of unbranched alkanes of at least 4 members (excludes halogenated alkanes) is 2. The van der Waals surface area contributed by atoms with E-state index in [4.69, 9.17) is 38.4 Å². The Morgan fingerprint density at radius 2 is 1.63 bits per heavy atom. The van der Waals surface area contributed by atoms with Gasteiger partial charge < -0.3 is 43.5 Å². The molecule has 67 heavy (non-hydrogen) atoms. The zero-order valence-electron chi connectivity index (χ0n) is 38.3. The van der Waals surface area contributed by atoms with Gasteiger partial charge in [0.15, 0.2) is 11.5 Å². The van der Waals surface area contributed by atoms with E-state index in [2.05, 4.69) is 25.6 Å². The molecule has 2 aliphatic heterocycles. The van der Waals surface area contributed by atoms with Gasteiger partial charge in [-0.1, -0.05) is 42.3 Å². The number of aliphatic hydroxyl groups excluding tert-OH is 2. The summed E-state index contributed by atoms with van der Waals surface area (Å²) >= 11 is 0. The molecule has 0 spiro atoms. The summed E-state index contributed by atoms with van der Waals surface area (Å²) in [6.07, 6.45) is 7.63. The Hall–Kier alpha value is -6.42. The third kappa shape index (κ3) is 10.00.